The Morgan fingerprint density at radius 3 is 2.52 bits per heavy atom. The summed E-state index contributed by atoms with van der Waals surface area (Å²) in [4.78, 5) is 37.6. The van der Waals surface area contributed by atoms with Crippen LogP contribution >= 0.6 is 0 Å². The summed E-state index contributed by atoms with van der Waals surface area (Å²) in [5.74, 6) is -0.962. The molecule has 1 aliphatic rings. The SMILES string of the molecule is CCCN1CCC(NC(=O)CNC(=O)CNC(=O)c2ccco2)CC1. The molecule has 0 saturated carbocycles. The number of hydrogen-bond donors (Lipinski definition) is 3. The monoisotopic (exact) mass is 350 g/mol. The standard InChI is InChI=1S/C17H26N4O4/c1-2-7-21-8-5-13(6-9-21)20-16(23)12-18-15(22)11-19-17(24)14-4-3-10-25-14/h3-4,10,13H,2,5-9,11-12H2,1H3,(H,18,22)(H,19,24)(H,20,23). The van der Waals surface area contributed by atoms with Gasteiger partial charge in [0.2, 0.25) is 11.8 Å². The van der Waals surface area contributed by atoms with Crippen LogP contribution in [0.5, 0.6) is 0 Å². The molecule has 138 valence electrons. The zero-order valence-corrected chi connectivity index (χ0v) is 14.5. The number of hydrogen-bond acceptors (Lipinski definition) is 5. The maximum absolute atomic E-state index is 11.9. The Bertz CT molecular complexity index is 565. The van der Waals surface area contributed by atoms with Crippen LogP contribution in [0.2, 0.25) is 0 Å². The minimum Gasteiger partial charge on any atom is -0.459 e. The molecule has 3 amide bonds. The minimum absolute atomic E-state index is 0.0926. The molecule has 25 heavy (non-hydrogen) atoms. The molecule has 2 heterocycles. The Balaban J connectivity index is 1.58. The van der Waals surface area contributed by atoms with Crippen molar-refractivity contribution in [1.82, 2.24) is 20.9 Å². The Labute approximate surface area is 147 Å². The van der Waals surface area contributed by atoms with Crippen LogP contribution in [0.15, 0.2) is 22.8 Å². The van der Waals surface area contributed by atoms with Crippen LogP contribution < -0.4 is 16.0 Å². The Morgan fingerprint density at radius 2 is 1.88 bits per heavy atom. The third-order valence-electron chi connectivity index (χ3n) is 4.09. The first-order chi connectivity index (χ1) is 12.1. The molecule has 8 heteroatoms. The molecular formula is C17H26N4O4. The van der Waals surface area contributed by atoms with Crippen molar-refractivity contribution in [3.05, 3.63) is 24.2 Å². The van der Waals surface area contributed by atoms with Gasteiger partial charge in [0.05, 0.1) is 19.4 Å². The number of likely N-dealkylation sites (tertiary alicyclic amines) is 1. The van der Waals surface area contributed by atoms with Gasteiger partial charge >= 0.3 is 0 Å². The van der Waals surface area contributed by atoms with E-state index in [4.69, 9.17) is 4.42 Å². The van der Waals surface area contributed by atoms with Crippen LogP contribution in [-0.4, -0.2) is 61.4 Å². The van der Waals surface area contributed by atoms with Crippen molar-refractivity contribution in [2.45, 2.75) is 32.2 Å². The zero-order chi connectivity index (χ0) is 18.1. The van der Waals surface area contributed by atoms with Gasteiger partial charge in [-0.15, -0.1) is 0 Å². The lowest BCUT2D eigenvalue weighted by Crippen LogP contribution is -2.48. The highest BCUT2D eigenvalue weighted by Crippen LogP contribution is 2.10. The van der Waals surface area contributed by atoms with E-state index in [1.807, 2.05) is 0 Å². The van der Waals surface area contributed by atoms with Gasteiger partial charge in [-0.05, 0) is 37.9 Å². The fourth-order valence-corrected chi connectivity index (χ4v) is 2.79. The van der Waals surface area contributed by atoms with E-state index in [2.05, 4.69) is 27.8 Å². The molecule has 2 rings (SSSR count). The van der Waals surface area contributed by atoms with Crippen molar-refractivity contribution in [3.63, 3.8) is 0 Å². The number of piperidine rings is 1. The second-order valence-electron chi connectivity index (χ2n) is 6.12. The van der Waals surface area contributed by atoms with Crippen LogP contribution in [0.4, 0.5) is 0 Å². The molecule has 1 aliphatic heterocycles. The maximum Gasteiger partial charge on any atom is 0.287 e. The second-order valence-corrected chi connectivity index (χ2v) is 6.12. The van der Waals surface area contributed by atoms with Crippen molar-refractivity contribution in [3.8, 4) is 0 Å². The first kappa shape index (κ1) is 19.0. The molecule has 0 bridgehead atoms. The topological polar surface area (TPSA) is 104 Å². The highest BCUT2D eigenvalue weighted by molar-refractivity contribution is 5.94. The minimum atomic E-state index is -0.469. The van der Waals surface area contributed by atoms with Gasteiger partial charge in [-0.25, -0.2) is 0 Å². The molecule has 0 spiro atoms. The van der Waals surface area contributed by atoms with Crippen LogP contribution in [0.25, 0.3) is 0 Å². The fraction of sp³-hybridized carbons (Fsp3) is 0.588. The van der Waals surface area contributed by atoms with Crippen molar-refractivity contribution in [2.75, 3.05) is 32.7 Å². The van der Waals surface area contributed by atoms with E-state index in [9.17, 15) is 14.4 Å². The van der Waals surface area contributed by atoms with E-state index < -0.39 is 11.8 Å². The van der Waals surface area contributed by atoms with E-state index in [1.165, 1.54) is 12.3 Å². The predicted molar refractivity (Wildman–Crippen MR) is 91.9 cm³/mol. The van der Waals surface area contributed by atoms with Crippen LogP contribution in [0, 0.1) is 0 Å². The van der Waals surface area contributed by atoms with Gasteiger partial charge in [-0.3, -0.25) is 14.4 Å². The number of rotatable bonds is 8. The van der Waals surface area contributed by atoms with Crippen LogP contribution in [0.3, 0.4) is 0 Å². The number of nitrogens with one attached hydrogen (secondary N) is 3. The van der Waals surface area contributed by atoms with Gasteiger partial charge in [0, 0.05) is 19.1 Å². The number of amides is 3. The molecule has 1 fully saturated rings. The highest BCUT2D eigenvalue weighted by Gasteiger charge is 2.20. The van der Waals surface area contributed by atoms with Crippen molar-refractivity contribution >= 4 is 17.7 Å². The van der Waals surface area contributed by atoms with Crippen molar-refractivity contribution < 1.29 is 18.8 Å². The Kier molecular flexibility index (Phi) is 7.46. The lowest BCUT2D eigenvalue weighted by molar-refractivity contribution is -0.126. The van der Waals surface area contributed by atoms with E-state index in [1.54, 1.807) is 6.07 Å². The lowest BCUT2D eigenvalue weighted by Gasteiger charge is -2.32. The summed E-state index contributed by atoms with van der Waals surface area (Å²) < 4.78 is 4.92. The normalized spacial score (nSPS) is 15.6. The quantitative estimate of drug-likeness (QED) is 0.618. The molecule has 3 N–H and O–H groups in total. The summed E-state index contributed by atoms with van der Waals surface area (Å²) in [5.41, 5.74) is 0. The molecule has 0 aliphatic carbocycles. The summed E-state index contributed by atoms with van der Waals surface area (Å²) in [6.45, 7) is 4.94. The molecule has 1 aromatic rings. The van der Waals surface area contributed by atoms with Crippen LogP contribution in [0.1, 0.15) is 36.7 Å². The average molecular weight is 350 g/mol. The number of carbonyl (C=O) groups is 3. The summed E-state index contributed by atoms with van der Waals surface area (Å²) >= 11 is 0. The molecule has 0 aromatic carbocycles. The van der Waals surface area contributed by atoms with E-state index in [-0.39, 0.29) is 30.8 Å². The third kappa shape index (κ3) is 6.58. The van der Waals surface area contributed by atoms with Gasteiger partial charge in [-0.1, -0.05) is 6.92 Å². The van der Waals surface area contributed by atoms with Gasteiger partial charge in [0.15, 0.2) is 5.76 Å². The largest absolute Gasteiger partial charge is 0.459 e. The average Bonchev–Trinajstić information content (AvgIpc) is 3.14. The molecule has 1 saturated heterocycles. The highest BCUT2D eigenvalue weighted by atomic mass is 16.3. The first-order valence-electron chi connectivity index (χ1n) is 8.68. The summed E-state index contributed by atoms with van der Waals surface area (Å²) in [5, 5.41) is 7.86. The summed E-state index contributed by atoms with van der Waals surface area (Å²) in [7, 11) is 0. The molecular weight excluding hydrogens is 324 g/mol. The van der Waals surface area contributed by atoms with E-state index in [0.29, 0.717) is 0 Å². The van der Waals surface area contributed by atoms with Crippen molar-refractivity contribution in [2.24, 2.45) is 0 Å². The Hall–Kier alpha value is -2.35. The predicted octanol–water partition coefficient (Wildman–Crippen LogP) is 0.116. The summed E-state index contributed by atoms with van der Waals surface area (Å²) in [6.07, 6.45) is 4.38. The van der Waals surface area contributed by atoms with Gasteiger partial charge < -0.3 is 25.3 Å². The van der Waals surface area contributed by atoms with E-state index >= 15 is 0 Å². The van der Waals surface area contributed by atoms with Crippen LogP contribution in [-0.2, 0) is 9.59 Å². The third-order valence-corrected chi connectivity index (χ3v) is 4.09. The fourth-order valence-electron chi connectivity index (χ4n) is 2.79. The molecule has 1 aromatic heterocycles. The number of furan rings is 1. The second kappa shape index (κ2) is 9.83. The smallest absolute Gasteiger partial charge is 0.287 e. The van der Waals surface area contributed by atoms with Crippen molar-refractivity contribution in [1.29, 1.82) is 0 Å². The molecule has 8 nitrogen and oxygen atoms in total. The first-order valence-corrected chi connectivity index (χ1v) is 8.68. The lowest BCUT2D eigenvalue weighted by atomic mass is 10.0. The zero-order valence-electron chi connectivity index (χ0n) is 14.5. The molecule has 0 atom stereocenters. The van der Waals surface area contributed by atoms with Gasteiger partial charge in [0.25, 0.3) is 5.91 Å². The van der Waals surface area contributed by atoms with Gasteiger partial charge in [0.1, 0.15) is 0 Å². The van der Waals surface area contributed by atoms with E-state index in [0.717, 1.165) is 38.9 Å². The number of nitrogens with zero attached hydrogens (tertiary/aromatic N) is 1. The Morgan fingerprint density at radius 1 is 1.16 bits per heavy atom. The summed E-state index contributed by atoms with van der Waals surface area (Å²) in [6, 6.07) is 3.26. The van der Waals surface area contributed by atoms with Gasteiger partial charge in [-0.2, -0.15) is 0 Å². The molecule has 0 unspecified atom stereocenters. The number of carbonyl (C=O) groups excluding carboxylic acids is 3. The maximum atomic E-state index is 11.9. The molecule has 0 radical (unpaired) electrons.